The maximum absolute atomic E-state index is 10.3. The monoisotopic (exact) mass is 169 g/mol. The molecule has 5 N–H and O–H groups in total. The van der Waals surface area contributed by atoms with Crippen LogP contribution in [-0.4, -0.2) is 9.91 Å². The van der Waals surface area contributed by atoms with Crippen LogP contribution in [0.4, 0.5) is 17.3 Å². The molecule has 7 heteroatoms. The number of nitrogens with zero attached hydrogens (tertiary/aromatic N) is 2. The predicted molar refractivity (Wildman–Crippen MR) is 43.1 cm³/mol. The summed E-state index contributed by atoms with van der Waals surface area (Å²) in [5.41, 5.74) is 7.29. The lowest BCUT2D eigenvalue weighted by Crippen LogP contribution is -2.09. The number of nitrogens with two attached hydrogens (primary N) is 2. The molecule has 0 aromatic carbocycles. The highest BCUT2D eigenvalue weighted by molar-refractivity contribution is 5.51. The lowest BCUT2D eigenvalue weighted by molar-refractivity contribution is -0.384. The number of nitrogens with one attached hydrogen (secondary N) is 1. The van der Waals surface area contributed by atoms with Gasteiger partial charge in [0.15, 0.2) is 0 Å². The molecular formula is C5H7N5O2. The fourth-order valence-electron chi connectivity index (χ4n) is 0.716. The summed E-state index contributed by atoms with van der Waals surface area (Å²) >= 11 is 0. The standard InChI is InChI=1S/C5H7N5O2/c6-4-1-3(10(11)12)2-5(8-4)9-7/h1-2H,7H2,(H3,6,8,9). The molecule has 1 rings (SSSR count). The molecule has 0 radical (unpaired) electrons. The third-order valence-corrected chi connectivity index (χ3v) is 1.19. The summed E-state index contributed by atoms with van der Waals surface area (Å²) in [7, 11) is 0. The number of rotatable bonds is 2. The minimum absolute atomic E-state index is 0.0529. The van der Waals surface area contributed by atoms with Gasteiger partial charge in [-0.15, -0.1) is 0 Å². The Morgan fingerprint density at radius 2 is 2.25 bits per heavy atom. The molecule has 12 heavy (non-hydrogen) atoms. The zero-order chi connectivity index (χ0) is 9.14. The topological polar surface area (TPSA) is 120 Å². The Bertz CT molecular complexity index is 313. The summed E-state index contributed by atoms with van der Waals surface area (Å²) in [4.78, 5) is 13.4. The summed E-state index contributed by atoms with van der Waals surface area (Å²) < 4.78 is 0. The van der Waals surface area contributed by atoms with Gasteiger partial charge in [-0.05, 0) is 0 Å². The molecule has 0 bridgehead atoms. The van der Waals surface area contributed by atoms with Gasteiger partial charge in [0, 0.05) is 0 Å². The van der Waals surface area contributed by atoms with Gasteiger partial charge in [0.25, 0.3) is 5.69 Å². The van der Waals surface area contributed by atoms with Crippen LogP contribution in [0.3, 0.4) is 0 Å². The Kier molecular flexibility index (Phi) is 2.06. The van der Waals surface area contributed by atoms with Crippen molar-refractivity contribution in [3.05, 3.63) is 22.2 Å². The molecule has 0 amide bonds. The Hall–Kier alpha value is -1.89. The molecule has 1 aromatic heterocycles. The SMILES string of the molecule is NNc1cc([N+](=O)[O-])cc(N)n1. The molecule has 0 atom stereocenters. The summed E-state index contributed by atoms with van der Waals surface area (Å²) in [6, 6.07) is 2.34. The summed E-state index contributed by atoms with van der Waals surface area (Å²) in [5, 5.41) is 10.3. The van der Waals surface area contributed by atoms with Crippen LogP contribution in [0.1, 0.15) is 0 Å². The third kappa shape index (κ3) is 1.58. The van der Waals surface area contributed by atoms with Crippen LogP contribution < -0.4 is 17.0 Å². The summed E-state index contributed by atoms with van der Waals surface area (Å²) in [6.07, 6.45) is 0. The molecule has 0 saturated carbocycles. The lowest BCUT2D eigenvalue weighted by atomic mass is 10.4. The average molecular weight is 169 g/mol. The fourth-order valence-corrected chi connectivity index (χ4v) is 0.716. The number of hydrogen-bond acceptors (Lipinski definition) is 6. The van der Waals surface area contributed by atoms with Gasteiger partial charge in [-0.3, -0.25) is 10.1 Å². The number of nitro groups is 1. The number of aromatic nitrogens is 1. The van der Waals surface area contributed by atoms with E-state index in [0.717, 1.165) is 6.07 Å². The van der Waals surface area contributed by atoms with Crippen molar-refractivity contribution in [3.63, 3.8) is 0 Å². The molecule has 7 nitrogen and oxygen atoms in total. The molecule has 0 aliphatic heterocycles. The maximum Gasteiger partial charge on any atom is 0.276 e. The highest BCUT2D eigenvalue weighted by Crippen LogP contribution is 2.17. The number of pyridine rings is 1. The van der Waals surface area contributed by atoms with Gasteiger partial charge in [-0.2, -0.15) is 0 Å². The Morgan fingerprint density at radius 1 is 1.58 bits per heavy atom. The second-order valence-electron chi connectivity index (χ2n) is 2.04. The van der Waals surface area contributed by atoms with E-state index < -0.39 is 4.92 Å². The van der Waals surface area contributed by atoms with E-state index in [1.54, 1.807) is 0 Å². The van der Waals surface area contributed by atoms with Crippen molar-refractivity contribution >= 4 is 17.3 Å². The zero-order valence-electron chi connectivity index (χ0n) is 6.02. The maximum atomic E-state index is 10.3. The molecule has 1 aromatic rings. The normalized spacial score (nSPS) is 9.42. The van der Waals surface area contributed by atoms with Gasteiger partial charge in [-0.1, -0.05) is 0 Å². The largest absolute Gasteiger partial charge is 0.383 e. The van der Waals surface area contributed by atoms with E-state index in [9.17, 15) is 10.1 Å². The van der Waals surface area contributed by atoms with Crippen molar-refractivity contribution in [1.29, 1.82) is 0 Å². The number of anilines is 2. The summed E-state index contributed by atoms with van der Waals surface area (Å²) in [6.45, 7) is 0. The first-order valence-electron chi connectivity index (χ1n) is 3.02. The quantitative estimate of drug-likeness (QED) is 0.322. The van der Waals surface area contributed by atoms with E-state index in [0.29, 0.717) is 0 Å². The number of hydrogen-bond donors (Lipinski definition) is 3. The Balaban J connectivity index is 3.15. The van der Waals surface area contributed by atoms with Crippen molar-refractivity contribution < 1.29 is 4.92 Å². The van der Waals surface area contributed by atoms with E-state index in [1.165, 1.54) is 6.07 Å². The van der Waals surface area contributed by atoms with Crippen LogP contribution in [0.25, 0.3) is 0 Å². The first kappa shape index (κ1) is 8.21. The lowest BCUT2D eigenvalue weighted by Gasteiger charge is -1.99. The van der Waals surface area contributed by atoms with E-state index in [2.05, 4.69) is 10.4 Å². The number of hydrazine groups is 1. The van der Waals surface area contributed by atoms with Crippen LogP contribution in [0.15, 0.2) is 12.1 Å². The van der Waals surface area contributed by atoms with Crippen LogP contribution >= 0.6 is 0 Å². The second-order valence-corrected chi connectivity index (χ2v) is 2.04. The van der Waals surface area contributed by atoms with E-state index in [4.69, 9.17) is 11.6 Å². The second kappa shape index (κ2) is 3.01. The minimum atomic E-state index is -0.571. The Morgan fingerprint density at radius 3 is 2.75 bits per heavy atom. The van der Waals surface area contributed by atoms with Gasteiger partial charge in [0.05, 0.1) is 17.1 Å². The van der Waals surface area contributed by atoms with E-state index in [1.807, 2.05) is 0 Å². The Labute approximate surface area is 67.5 Å². The molecule has 0 spiro atoms. The molecule has 64 valence electrons. The minimum Gasteiger partial charge on any atom is -0.383 e. The van der Waals surface area contributed by atoms with Crippen LogP contribution in [0.5, 0.6) is 0 Å². The van der Waals surface area contributed by atoms with Gasteiger partial charge < -0.3 is 11.2 Å². The zero-order valence-corrected chi connectivity index (χ0v) is 6.02. The smallest absolute Gasteiger partial charge is 0.276 e. The predicted octanol–water partition coefficient (Wildman–Crippen LogP) is -0.142. The van der Waals surface area contributed by atoms with E-state index >= 15 is 0 Å². The van der Waals surface area contributed by atoms with Gasteiger partial charge in [0.2, 0.25) is 0 Å². The van der Waals surface area contributed by atoms with Crippen LogP contribution in [-0.2, 0) is 0 Å². The number of nitrogen functional groups attached to an aromatic ring is 2. The van der Waals surface area contributed by atoms with Gasteiger partial charge >= 0.3 is 0 Å². The van der Waals surface area contributed by atoms with Crippen molar-refractivity contribution in [2.45, 2.75) is 0 Å². The molecule has 0 aliphatic rings. The molecule has 1 heterocycles. The van der Waals surface area contributed by atoms with E-state index in [-0.39, 0.29) is 17.3 Å². The molecule has 0 aliphatic carbocycles. The summed E-state index contributed by atoms with van der Waals surface area (Å²) in [5.74, 6) is 5.22. The van der Waals surface area contributed by atoms with Crippen molar-refractivity contribution in [3.8, 4) is 0 Å². The highest BCUT2D eigenvalue weighted by atomic mass is 16.6. The van der Waals surface area contributed by atoms with Crippen LogP contribution in [0, 0.1) is 10.1 Å². The molecular weight excluding hydrogens is 162 g/mol. The fraction of sp³-hybridized carbons (Fsp3) is 0. The molecule has 0 saturated heterocycles. The third-order valence-electron chi connectivity index (χ3n) is 1.19. The van der Waals surface area contributed by atoms with Gasteiger partial charge in [-0.25, -0.2) is 10.8 Å². The molecule has 0 unspecified atom stereocenters. The van der Waals surface area contributed by atoms with Crippen molar-refractivity contribution in [1.82, 2.24) is 4.98 Å². The van der Waals surface area contributed by atoms with Crippen molar-refractivity contribution in [2.24, 2.45) is 5.84 Å². The average Bonchev–Trinajstić information content (AvgIpc) is 2.03. The van der Waals surface area contributed by atoms with Crippen LogP contribution in [0.2, 0.25) is 0 Å². The first-order chi connectivity index (χ1) is 5.63. The first-order valence-corrected chi connectivity index (χ1v) is 3.02. The van der Waals surface area contributed by atoms with Crippen molar-refractivity contribution in [2.75, 3.05) is 11.2 Å². The molecule has 0 fully saturated rings. The highest BCUT2D eigenvalue weighted by Gasteiger charge is 2.08. The van der Waals surface area contributed by atoms with Gasteiger partial charge in [0.1, 0.15) is 11.6 Å².